The number of nitrogens with two attached hydrogens (primary N) is 1. The highest BCUT2D eigenvalue weighted by molar-refractivity contribution is 7.94. The van der Waals surface area contributed by atoms with Crippen molar-refractivity contribution in [2.45, 2.75) is 17.6 Å². The van der Waals surface area contributed by atoms with Crippen molar-refractivity contribution in [2.24, 2.45) is 5.73 Å². The third-order valence-electron chi connectivity index (χ3n) is 2.44. The highest BCUT2D eigenvalue weighted by atomic mass is 32.2. The molecule has 2 aromatic heterocycles. The van der Waals surface area contributed by atoms with Gasteiger partial charge in [0.05, 0.1) is 5.69 Å². The van der Waals surface area contributed by atoms with Gasteiger partial charge in [0, 0.05) is 16.8 Å². The van der Waals surface area contributed by atoms with Crippen molar-refractivity contribution in [3.05, 3.63) is 41.0 Å². The molecular weight excluding hydrogens is 282 g/mol. The second kappa shape index (κ2) is 5.68. The molecule has 0 saturated carbocycles. The lowest BCUT2D eigenvalue weighted by molar-refractivity contribution is 0.603. The number of hydrogen-bond donors (Lipinski definition) is 2. The molecule has 7 heteroatoms. The number of thiophene rings is 1. The van der Waals surface area contributed by atoms with E-state index in [0.29, 0.717) is 22.9 Å². The molecule has 19 heavy (non-hydrogen) atoms. The van der Waals surface area contributed by atoms with Crippen LogP contribution in [0.2, 0.25) is 0 Å². The van der Waals surface area contributed by atoms with Crippen LogP contribution in [-0.4, -0.2) is 19.9 Å². The van der Waals surface area contributed by atoms with E-state index in [0.717, 1.165) is 10.6 Å². The van der Waals surface area contributed by atoms with Gasteiger partial charge in [0.25, 0.3) is 10.0 Å². The van der Waals surface area contributed by atoms with Crippen LogP contribution in [0.3, 0.4) is 0 Å². The topological polar surface area (TPSA) is 85.1 Å². The summed E-state index contributed by atoms with van der Waals surface area (Å²) >= 11 is 1.24. The number of hydrogen-bond acceptors (Lipinski definition) is 5. The Morgan fingerprint density at radius 2 is 2.16 bits per heavy atom. The number of pyridine rings is 1. The number of nitrogens with one attached hydrogen (secondary N) is 1. The Hall–Kier alpha value is -1.44. The van der Waals surface area contributed by atoms with Crippen LogP contribution in [0.5, 0.6) is 0 Å². The minimum atomic E-state index is -3.53. The molecule has 0 aliphatic carbocycles. The Bertz CT molecular complexity index is 665. The van der Waals surface area contributed by atoms with Crippen LogP contribution in [0, 0.1) is 6.92 Å². The summed E-state index contributed by atoms with van der Waals surface area (Å²) in [4.78, 5) is 4.99. The lowest BCUT2D eigenvalue weighted by Crippen LogP contribution is -2.11. The first kappa shape index (κ1) is 14.0. The molecule has 0 saturated heterocycles. The van der Waals surface area contributed by atoms with Crippen molar-refractivity contribution in [3.8, 4) is 0 Å². The zero-order valence-electron chi connectivity index (χ0n) is 10.5. The molecule has 2 heterocycles. The number of rotatable bonds is 5. The number of aryl methyl sites for hydroxylation is 1. The average Bonchev–Trinajstić information content (AvgIpc) is 2.78. The summed E-state index contributed by atoms with van der Waals surface area (Å²) < 4.78 is 27.2. The minimum Gasteiger partial charge on any atom is -0.330 e. The molecule has 2 aromatic rings. The normalized spacial score (nSPS) is 11.5. The fraction of sp³-hybridized carbons (Fsp3) is 0.250. The maximum atomic E-state index is 12.2. The number of anilines is 1. The van der Waals surface area contributed by atoms with Gasteiger partial charge in [-0.1, -0.05) is 0 Å². The predicted octanol–water partition coefficient (Wildman–Crippen LogP) is 1.75. The van der Waals surface area contributed by atoms with Crippen molar-refractivity contribution in [1.29, 1.82) is 0 Å². The van der Waals surface area contributed by atoms with E-state index < -0.39 is 10.0 Å². The van der Waals surface area contributed by atoms with Crippen molar-refractivity contribution in [2.75, 3.05) is 11.3 Å². The Labute approximate surface area is 116 Å². The van der Waals surface area contributed by atoms with E-state index in [1.54, 1.807) is 30.5 Å². The van der Waals surface area contributed by atoms with Crippen molar-refractivity contribution < 1.29 is 8.42 Å². The Kier molecular flexibility index (Phi) is 4.18. The predicted molar refractivity (Wildman–Crippen MR) is 76.9 cm³/mol. The summed E-state index contributed by atoms with van der Waals surface area (Å²) in [6, 6.07) is 6.71. The van der Waals surface area contributed by atoms with Gasteiger partial charge in [0.15, 0.2) is 0 Å². The van der Waals surface area contributed by atoms with Crippen molar-refractivity contribution >= 4 is 27.0 Å². The van der Waals surface area contributed by atoms with Crippen LogP contribution in [0.4, 0.5) is 5.69 Å². The molecule has 0 aliphatic rings. The van der Waals surface area contributed by atoms with Gasteiger partial charge in [-0.2, -0.15) is 0 Å². The standard InChI is InChI=1S/C12H15N3O2S2/c1-9-8-10(5-7-14-9)15-19(16,17)12-3-2-11(18-12)4-6-13/h2-3,5,7-8H,4,6,13H2,1H3,(H,14,15). The molecular formula is C12H15N3O2S2. The number of aromatic nitrogens is 1. The molecule has 0 bridgehead atoms. The molecule has 0 fully saturated rings. The van der Waals surface area contributed by atoms with Crippen LogP contribution in [-0.2, 0) is 16.4 Å². The largest absolute Gasteiger partial charge is 0.330 e. The molecule has 0 aliphatic heterocycles. The summed E-state index contributed by atoms with van der Waals surface area (Å²) in [5.41, 5.74) is 6.73. The van der Waals surface area contributed by atoms with Gasteiger partial charge in [0.2, 0.25) is 0 Å². The minimum absolute atomic E-state index is 0.297. The Morgan fingerprint density at radius 3 is 2.84 bits per heavy atom. The first-order valence-electron chi connectivity index (χ1n) is 5.75. The van der Waals surface area contributed by atoms with Gasteiger partial charge in [0.1, 0.15) is 4.21 Å². The second-order valence-corrected chi connectivity index (χ2v) is 7.13. The second-order valence-electron chi connectivity index (χ2n) is 4.05. The average molecular weight is 297 g/mol. The molecule has 0 unspecified atom stereocenters. The quantitative estimate of drug-likeness (QED) is 0.880. The van der Waals surface area contributed by atoms with Crippen LogP contribution >= 0.6 is 11.3 Å². The first-order valence-corrected chi connectivity index (χ1v) is 8.05. The van der Waals surface area contributed by atoms with Gasteiger partial charge in [-0.15, -0.1) is 11.3 Å². The maximum absolute atomic E-state index is 12.2. The van der Waals surface area contributed by atoms with Crippen LogP contribution in [0.25, 0.3) is 0 Å². The van der Waals surface area contributed by atoms with Crippen molar-refractivity contribution in [1.82, 2.24) is 4.98 Å². The van der Waals surface area contributed by atoms with Gasteiger partial charge in [-0.25, -0.2) is 8.42 Å². The van der Waals surface area contributed by atoms with E-state index in [9.17, 15) is 8.42 Å². The molecule has 0 aromatic carbocycles. The fourth-order valence-electron chi connectivity index (χ4n) is 1.59. The zero-order valence-corrected chi connectivity index (χ0v) is 12.1. The summed E-state index contributed by atoms with van der Waals surface area (Å²) in [7, 11) is -3.53. The van der Waals surface area contributed by atoms with Gasteiger partial charge in [-0.05, 0) is 44.2 Å². The highest BCUT2D eigenvalue weighted by Crippen LogP contribution is 2.24. The van der Waals surface area contributed by atoms with E-state index in [1.165, 1.54) is 11.3 Å². The van der Waals surface area contributed by atoms with Crippen LogP contribution in [0.15, 0.2) is 34.7 Å². The molecule has 5 nitrogen and oxygen atoms in total. The van der Waals surface area contributed by atoms with E-state index in [4.69, 9.17) is 5.73 Å². The lowest BCUT2D eigenvalue weighted by atomic mass is 10.3. The van der Waals surface area contributed by atoms with Gasteiger partial charge >= 0.3 is 0 Å². The Morgan fingerprint density at radius 1 is 1.37 bits per heavy atom. The molecule has 3 N–H and O–H groups in total. The number of sulfonamides is 1. The first-order chi connectivity index (χ1) is 9.01. The van der Waals surface area contributed by atoms with Gasteiger partial charge < -0.3 is 5.73 Å². The molecule has 0 radical (unpaired) electrons. The Balaban J connectivity index is 2.22. The van der Waals surface area contributed by atoms with Crippen molar-refractivity contribution in [3.63, 3.8) is 0 Å². The van der Waals surface area contributed by atoms with E-state index in [2.05, 4.69) is 9.71 Å². The molecule has 0 spiro atoms. The molecule has 2 rings (SSSR count). The van der Waals surface area contributed by atoms with E-state index in [-0.39, 0.29) is 0 Å². The molecule has 0 atom stereocenters. The van der Waals surface area contributed by atoms with Crippen LogP contribution < -0.4 is 10.5 Å². The molecule has 102 valence electrons. The summed E-state index contributed by atoms with van der Waals surface area (Å²) in [5.74, 6) is 0. The van der Waals surface area contributed by atoms with Crippen LogP contribution in [0.1, 0.15) is 10.6 Å². The summed E-state index contributed by atoms with van der Waals surface area (Å²) in [6.07, 6.45) is 2.26. The maximum Gasteiger partial charge on any atom is 0.271 e. The number of nitrogens with zero attached hydrogens (tertiary/aromatic N) is 1. The third kappa shape index (κ3) is 3.52. The smallest absolute Gasteiger partial charge is 0.271 e. The monoisotopic (exact) mass is 297 g/mol. The summed E-state index contributed by atoms with van der Waals surface area (Å²) in [5, 5.41) is 0. The van der Waals surface area contributed by atoms with Gasteiger partial charge in [-0.3, -0.25) is 9.71 Å². The molecule has 0 amide bonds. The highest BCUT2D eigenvalue weighted by Gasteiger charge is 2.16. The SMILES string of the molecule is Cc1cc(NS(=O)(=O)c2ccc(CCN)s2)ccn1. The lowest BCUT2D eigenvalue weighted by Gasteiger charge is -2.06. The summed E-state index contributed by atoms with van der Waals surface area (Å²) in [6.45, 7) is 2.32. The fourth-order valence-corrected chi connectivity index (χ4v) is 4.01. The zero-order chi connectivity index (χ0) is 13.9. The van der Waals surface area contributed by atoms with E-state index in [1.807, 2.05) is 6.92 Å². The van der Waals surface area contributed by atoms with E-state index >= 15 is 0 Å². The third-order valence-corrected chi connectivity index (χ3v) is 5.46.